The van der Waals surface area contributed by atoms with E-state index in [4.69, 9.17) is 0 Å². The van der Waals surface area contributed by atoms with E-state index in [-0.39, 0.29) is 6.04 Å². The number of hydrogen-bond acceptors (Lipinski definition) is 3. The summed E-state index contributed by atoms with van der Waals surface area (Å²) in [7, 11) is 0. The lowest BCUT2D eigenvalue weighted by atomic mass is 10.00. The van der Waals surface area contributed by atoms with E-state index in [0.717, 1.165) is 57.5 Å². The van der Waals surface area contributed by atoms with E-state index >= 15 is 0 Å². The van der Waals surface area contributed by atoms with Crippen LogP contribution in [0.4, 0.5) is 0 Å². The highest BCUT2D eigenvalue weighted by molar-refractivity contribution is 5.83. The quantitative estimate of drug-likeness (QED) is 0.926. The van der Waals surface area contributed by atoms with Crippen LogP contribution in [0.3, 0.4) is 0 Å². The Bertz CT molecular complexity index is 522. The molecule has 3 rings (SSSR count). The monoisotopic (exact) mass is 315 g/mol. The van der Waals surface area contributed by atoms with Crippen LogP contribution in [0.2, 0.25) is 0 Å². The third kappa shape index (κ3) is 3.75. The number of carbonyl (C=O) groups is 1. The molecule has 2 fully saturated rings. The van der Waals surface area contributed by atoms with E-state index in [1.165, 1.54) is 5.56 Å². The largest absolute Gasteiger partial charge is 0.341 e. The topological polar surface area (TPSA) is 35.6 Å². The first-order valence-electron chi connectivity index (χ1n) is 9.02. The number of benzene rings is 1. The van der Waals surface area contributed by atoms with Crippen molar-refractivity contribution in [3.63, 3.8) is 0 Å². The summed E-state index contributed by atoms with van der Waals surface area (Å²) in [6.07, 6.45) is 3.39. The Morgan fingerprint density at radius 2 is 1.91 bits per heavy atom. The average Bonchev–Trinajstić information content (AvgIpc) is 3.11. The van der Waals surface area contributed by atoms with Gasteiger partial charge in [-0.2, -0.15) is 0 Å². The van der Waals surface area contributed by atoms with Gasteiger partial charge in [0.1, 0.15) is 6.04 Å². The number of nitrogens with zero attached hydrogens (tertiary/aromatic N) is 2. The summed E-state index contributed by atoms with van der Waals surface area (Å²) in [5, 5.41) is 3.56. The molecule has 0 saturated carbocycles. The summed E-state index contributed by atoms with van der Waals surface area (Å²) in [6, 6.07) is 8.89. The second-order valence-electron chi connectivity index (χ2n) is 6.90. The molecule has 0 aromatic heterocycles. The Hall–Kier alpha value is -1.39. The van der Waals surface area contributed by atoms with Crippen LogP contribution >= 0.6 is 0 Å². The fourth-order valence-electron chi connectivity index (χ4n) is 3.73. The first kappa shape index (κ1) is 16.5. The molecule has 2 heterocycles. The smallest absolute Gasteiger partial charge is 0.244 e. The van der Waals surface area contributed by atoms with Gasteiger partial charge < -0.3 is 10.2 Å². The molecule has 1 amide bonds. The van der Waals surface area contributed by atoms with E-state index in [1.54, 1.807) is 0 Å². The zero-order valence-corrected chi connectivity index (χ0v) is 14.4. The van der Waals surface area contributed by atoms with Crippen molar-refractivity contribution in [1.29, 1.82) is 0 Å². The molecule has 0 aliphatic carbocycles. The van der Waals surface area contributed by atoms with Gasteiger partial charge in [-0.25, -0.2) is 0 Å². The molecule has 2 atom stereocenters. The highest BCUT2D eigenvalue weighted by Gasteiger charge is 2.34. The molecular weight excluding hydrogens is 286 g/mol. The molecule has 2 unspecified atom stereocenters. The van der Waals surface area contributed by atoms with Crippen molar-refractivity contribution < 1.29 is 4.79 Å². The summed E-state index contributed by atoms with van der Waals surface area (Å²) in [5.41, 5.74) is 2.39. The molecule has 1 aromatic rings. The van der Waals surface area contributed by atoms with E-state index in [0.29, 0.717) is 11.9 Å². The minimum atomic E-state index is -0.121. The van der Waals surface area contributed by atoms with Gasteiger partial charge in [-0.05, 0) is 31.7 Å². The van der Waals surface area contributed by atoms with E-state index in [1.807, 2.05) is 0 Å². The van der Waals surface area contributed by atoms with Crippen LogP contribution in [0.15, 0.2) is 24.3 Å². The van der Waals surface area contributed by atoms with Gasteiger partial charge in [0.2, 0.25) is 5.91 Å². The molecule has 4 heteroatoms. The summed E-state index contributed by atoms with van der Waals surface area (Å²) in [4.78, 5) is 17.6. The van der Waals surface area contributed by atoms with Gasteiger partial charge in [-0.15, -0.1) is 0 Å². The predicted molar refractivity (Wildman–Crippen MR) is 93.4 cm³/mol. The van der Waals surface area contributed by atoms with Gasteiger partial charge in [0, 0.05) is 38.8 Å². The van der Waals surface area contributed by atoms with Crippen molar-refractivity contribution in [3.8, 4) is 0 Å². The average molecular weight is 315 g/mol. The van der Waals surface area contributed by atoms with Gasteiger partial charge in [-0.3, -0.25) is 9.69 Å². The number of amides is 1. The van der Waals surface area contributed by atoms with Gasteiger partial charge >= 0.3 is 0 Å². The number of hydrogen-bond donors (Lipinski definition) is 1. The van der Waals surface area contributed by atoms with Gasteiger partial charge in [-0.1, -0.05) is 36.8 Å². The standard InChI is InChI=1S/C19H29N3O/c1-3-17-14-22(13-10-20-17)18(16-8-6-15(2)7-9-16)19(23)21-11-4-5-12-21/h6-9,17-18,20H,3-5,10-14H2,1-2H3. The van der Waals surface area contributed by atoms with Crippen LogP contribution in [0.5, 0.6) is 0 Å². The molecule has 2 aliphatic heterocycles. The number of piperazine rings is 1. The molecule has 0 radical (unpaired) electrons. The van der Waals surface area contributed by atoms with Crippen molar-refractivity contribution in [2.75, 3.05) is 32.7 Å². The van der Waals surface area contributed by atoms with E-state index in [2.05, 4.69) is 53.2 Å². The highest BCUT2D eigenvalue weighted by atomic mass is 16.2. The molecule has 4 nitrogen and oxygen atoms in total. The summed E-state index contributed by atoms with van der Waals surface area (Å²) in [6.45, 7) is 9.01. The molecule has 23 heavy (non-hydrogen) atoms. The Kier molecular flexibility index (Phi) is 5.34. The minimum Gasteiger partial charge on any atom is -0.341 e. The van der Waals surface area contributed by atoms with Gasteiger partial charge in [0.15, 0.2) is 0 Å². The normalized spacial score (nSPS) is 23.9. The third-order valence-electron chi connectivity index (χ3n) is 5.19. The molecule has 2 aliphatic rings. The zero-order chi connectivity index (χ0) is 16.2. The fourth-order valence-corrected chi connectivity index (χ4v) is 3.73. The number of aryl methyl sites for hydroxylation is 1. The first-order valence-corrected chi connectivity index (χ1v) is 9.02. The van der Waals surface area contributed by atoms with Crippen molar-refractivity contribution in [2.24, 2.45) is 0 Å². The Morgan fingerprint density at radius 1 is 1.22 bits per heavy atom. The fraction of sp³-hybridized carbons (Fsp3) is 0.632. The Morgan fingerprint density at radius 3 is 2.57 bits per heavy atom. The van der Waals surface area contributed by atoms with Crippen molar-refractivity contribution >= 4 is 5.91 Å². The number of nitrogens with one attached hydrogen (secondary N) is 1. The maximum absolute atomic E-state index is 13.2. The zero-order valence-electron chi connectivity index (χ0n) is 14.4. The first-order chi connectivity index (χ1) is 11.2. The number of rotatable bonds is 4. The van der Waals surface area contributed by atoms with Crippen LogP contribution in [-0.4, -0.2) is 54.5 Å². The Labute approximate surface area is 139 Å². The van der Waals surface area contributed by atoms with Crippen LogP contribution in [0.25, 0.3) is 0 Å². The number of carbonyl (C=O) groups excluding carboxylic acids is 1. The van der Waals surface area contributed by atoms with Gasteiger partial charge in [0.25, 0.3) is 0 Å². The van der Waals surface area contributed by atoms with Crippen molar-refractivity contribution in [1.82, 2.24) is 15.1 Å². The molecule has 1 N–H and O–H groups in total. The molecule has 1 aromatic carbocycles. The second-order valence-corrected chi connectivity index (χ2v) is 6.90. The van der Waals surface area contributed by atoms with Crippen LogP contribution in [0.1, 0.15) is 43.4 Å². The minimum absolute atomic E-state index is 0.121. The third-order valence-corrected chi connectivity index (χ3v) is 5.19. The van der Waals surface area contributed by atoms with Crippen molar-refractivity contribution in [3.05, 3.63) is 35.4 Å². The van der Waals surface area contributed by atoms with E-state index < -0.39 is 0 Å². The molecule has 126 valence electrons. The lowest BCUT2D eigenvalue weighted by Gasteiger charge is -2.39. The van der Waals surface area contributed by atoms with Crippen LogP contribution < -0.4 is 5.32 Å². The van der Waals surface area contributed by atoms with Gasteiger partial charge in [0.05, 0.1) is 0 Å². The maximum atomic E-state index is 13.2. The summed E-state index contributed by atoms with van der Waals surface area (Å²) in [5.74, 6) is 0.295. The lowest BCUT2D eigenvalue weighted by Crippen LogP contribution is -2.54. The van der Waals surface area contributed by atoms with E-state index in [9.17, 15) is 4.79 Å². The second kappa shape index (κ2) is 7.45. The van der Waals surface area contributed by atoms with Crippen LogP contribution in [0, 0.1) is 6.92 Å². The lowest BCUT2D eigenvalue weighted by molar-refractivity contribution is -0.136. The molecule has 0 spiro atoms. The Balaban J connectivity index is 1.85. The SMILES string of the molecule is CCC1CN(C(C(=O)N2CCCC2)c2ccc(C)cc2)CCN1. The van der Waals surface area contributed by atoms with Crippen molar-refractivity contribution in [2.45, 2.75) is 45.2 Å². The van der Waals surface area contributed by atoms with Crippen LogP contribution in [-0.2, 0) is 4.79 Å². The molecule has 2 saturated heterocycles. The highest BCUT2D eigenvalue weighted by Crippen LogP contribution is 2.27. The summed E-state index contributed by atoms with van der Waals surface area (Å²) >= 11 is 0. The predicted octanol–water partition coefficient (Wildman–Crippen LogP) is 2.34. The molecule has 0 bridgehead atoms. The molecular formula is C19H29N3O. The summed E-state index contributed by atoms with van der Waals surface area (Å²) < 4.78 is 0. The number of likely N-dealkylation sites (tertiary alicyclic amines) is 1. The maximum Gasteiger partial charge on any atom is 0.244 e.